The van der Waals surface area contributed by atoms with Crippen molar-refractivity contribution in [2.24, 2.45) is 5.92 Å². The summed E-state index contributed by atoms with van der Waals surface area (Å²) in [5.74, 6) is 0.769. The lowest BCUT2D eigenvalue weighted by Crippen LogP contribution is -1.63. The van der Waals surface area contributed by atoms with Crippen molar-refractivity contribution in [1.29, 1.82) is 0 Å². The molecule has 1 unspecified atom stereocenters. The molecule has 0 nitrogen and oxygen atoms in total. The second kappa shape index (κ2) is 1.34. The number of halogens is 1. The van der Waals surface area contributed by atoms with Gasteiger partial charge in [0, 0.05) is 6.42 Å². The number of hydrogen-bond acceptors (Lipinski definition) is 0. The van der Waals surface area contributed by atoms with Gasteiger partial charge in [-0.1, -0.05) is 6.08 Å². The summed E-state index contributed by atoms with van der Waals surface area (Å²) in [6, 6.07) is 0. The van der Waals surface area contributed by atoms with E-state index < -0.39 is 6.17 Å². The largest absolute Gasteiger partial charge is 0.242 e. The van der Waals surface area contributed by atoms with E-state index in [9.17, 15) is 4.39 Å². The third-order valence-corrected chi connectivity index (χ3v) is 1.73. The standard InChI is InChI=1S/C7H9F/c8-7-4-6(7)3-5-1-2-5/h3,5,7H,1-2,4H2. The molecule has 0 aromatic rings. The van der Waals surface area contributed by atoms with Gasteiger partial charge in [-0.2, -0.15) is 0 Å². The van der Waals surface area contributed by atoms with Gasteiger partial charge in [-0.25, -0.2) is 4.39 Å². The summed E-state index contributed by atoms with van der Waals surface area (Å²) in [4.78, 5) is 0. The highest BCUT2D eigenvalue weighted by Gasteiger charge is 2.32. The van der Waals surface area contributed by atoms with Crippen LogP contribution >= 0.6 is 0 Å². The highest BCUT2D eigenvalue weighted by molar-refractivity contribution is 5.27. The first-order valence-electron chi connectivity index (χ1n) is 3.21. The fourth-order valence-corrected chi connectivity index (χ4v) is 0.886. The molecule has 2 aliphatic carbocycles. The van der Waals surface area contributed by atoms with Crippen molar-refractivity contribution in [3.05, 3.63) is 11.6 Å². The summed E-state index contributed by atoms with van der Waals surface area (Å²) in [5, 5.41) is 0. The smallest absolute Gasteiger partial charge is 0.125 e. The van der Waals surface area contributed by atoms with E-state index in [1.165, 1.54) is 12.8 Å². The van der Waals surface area contributed by atoms with Crippen LogP contribution in [0.25, 0.3) is 0 Å². The SMILES string of the molecule is FC1CC1=CC1CC1. The van der Waals surface area contributed by atoms with Gasteiger partial charge in [0.05, 0.1) is 0 Å². The Labute approximate surface area is 48.4 Å². The maximum atomic E-state index is 12.1. The molecule has 2 saturated carbocycles. The maximum absolute atomic E-state index is 12.1. The second-order valence-corrected chi connectivity index (χ2v) is 2.75. The van der Waals surface area contributed by atoms with Crippen LogP contribution in [0.3, 0.4) is 0 Å². The molecule has 8 heavy (non-hydrogen) atoms. The quantitative estimate of drug-likeness (QED) is 0.455. The fraction of sp³-hybridized carbons (Fsp3) is 0.714. The van der Waals surface area contributed by atoms with E-state index in [4.69, 9.17) is 0 Å². The first kappa shape index (κ1) is 4.54. The van der Waals surface area contributed by atoms with Gasteiger partial charge in [-0.15, -0.1) is 0 Å². The van der Waals surface area contributed by atoms with Crippen LogP contribution in [0.1, 0.15) is 19.3 Å². The average Bonchev–Trinajstić information content (AvgIpc) is 2.52. The van der Waals surface area contributed by atoms with E-state index in [1.54, 1.807) is 0 Å². The van der Waals surface area contributed by atoms with Crippen molar-refractivity contribution in [3.63, 3.8) is 0 Å². The predicted octanol–water partition coefficient (Wildman–Crippen LogP) is 2.06. The second-order valence-electron chi connectivity index (χ2n) is 2.75. The van der Waals surface area contributed by atoms with Crippen LogP contribution in [0.2, 0.25) is 0 Å². The summed E-state index contributed by atoms with van der Waals surface area (Å²) in [7, 11) is 0. The van der Waals surface area contributed by atoms with Gasteiger partial charge in [0.1, 0.15) is 6.17 Å². The van der Waals surface area contributed by atoms with E-state index in [0.717, 1.165) is 17.9 Å². The van der Waals surface area contributed by atoms with Crippen LogP contribution in [0.4, 0.5) is 4.39 Å². The van der Waals surface area contributed by atoms with Crippen molar-refractivity contribution >= 4 is 0 Å². The van der Waals surface area contributed by atoms with Gasteiger partial charge in [0.15, 0.2) is 0 Å². The summed E-state index contributed by atoms with van der Waals surface area (Å²) in [6.45, 7) is 0. The Morgan fingerprint density at radius 1 is 1.50 bits per heavy atom. The van der Waals surface area contributed by atoms with E-state index in [0.29, 0.717) is 0 Å². The minimum absolute atomic E-state index is 0.546. The molecule has 1 atom stereocenters. The van der Waals surface area contributed by atoms with Crippen molar-refractivity contribution in [3.8, 4) is 0 Å². The third-order valence-electron chi connectivity index (χ3n) is 1.73. The van der Waals surface area contributed by atoms with Crippen LogP contribution in [0, 0.1) is 5.92 Å². The average molecular weight is 112 g/mol. The predicted molar refractivity (Wildman–Crippen MR) is 30.3 cm³/mol. The molecular formula is C7H9F. The van der Waals surface area contributed by atoms with Crippen molar-refractivity contribution < 1.29 is 4.39 Å². The van der Waals surface area contributed by atoms with Crippen LogP contribution in [-0.2, 0) is 0 Å². The summed E-state index contributed by atoms with van der Waals surface area (Å²) in [5.41, 5.74) is 1.06. The normalized spacial score (nSPS) is 40.6. The van der Waals surface area contributed by atoms with E-state index in [2.05, 4.69) is 6.08 Å². The molecule has 0 radical (unpaired) electrons. The molecule has 0 bridgehead atoms. The van der Waals surface area contributed by atoms with Gasteiger partial charge < -0.3 is 0 Å². The van der Waals surface area contributed by atoms with Crippen molar-refractivity contribution in [2.45, 2.75) is 25.4 Å². The lowest BCUT2D eigenvalue weighted by Gasteiger charge is -1.73. The molecule has 0 spiro atoms. The van der Waals surface area contributed by atoms with Crippen molar-refractivity contribution in [1.82, 2.24) is 0 Å². The van der Waals surface area contributed by atoms with Crippen LogP contribution < -0.4 is 0 Å². The first-order valence-corrected chi connectivity index (χ1v) is 3.21. The molecule has 2 aliphatic rings. The number of hydrogen-bond donors (Lipinski definition) is 0. The Hall–Kier alpha value is -0.330. The number of rotatable bonds is 1. The first-order chi connectivity index (χ1) is 3.86. The molecule has 0 saturated heterocycles. The monoisotopic (exact) mass is 112 g/mol. The molecule has 0 amide bonds. The minimum Gasteiger partial charge on any atom is -0.242 e. The van der Waals surface area contributed by atoms with Gasteiger partial charge >= 0.3 is 0 Å². The molecule has 2 fully saturated rings. The Bertz CT molecular complexity index is 133. The molecular weight excluding hydrogens is 103 g/mol. The fourth-order valence-electron chi connectivity index (χ4n) is 0.886. The Morgan fingerprint density at radius 3 is 2.50 bits per heavy atom. The van der Waals surface area contributed by atoms with Crippen LogP contribution in [-0.4, -0.2) is 6.17 Å². The zero-order chi connectivity index (χ0) is 5.56. The minimum atomic E-state index is -0.546. The number of alkyl halides is 1. The van der Waals surface area contributed by atoms with E-state index >= 15 is 0 Å². The van der Waals surface area contributed by atoms with Crippen LogP contribution in [0.15, 0.2) is 11.6 Å². The zero-order valence-corrected chi connectivity index (χ0v) is 4.73. The molecule has 2 rings (SSSR count). The molecule has 0 aromatic carbocycles. The zero-order valence-electron chi connectivity index (χ0n) is 4.73. The lowest BCUT2D eigenvalue weighted by molar-refractivity contribution is 0.495. The highest BCUT2D eigenvalue weighted by Crippen LogP contribution is 2.39. The van der Waals surface area contributed by atoms with Crippen LogP contribution in [0.5, 0.6) is 0 Å². The summed E-state index contributed by atoms with van der Waals surface area (Å²) >= 11 is 0. The van der Waals surface area contributed by atoms with Crippen molar-refractivity contribution in [2.75, 3.05) is 0 Å². The molecule has 44 valence electrons. The lowest BCUT2D eigenvalue weighted by atomic mass is 10.4. The topological polar surface area (TPSA) is 0 Å². The third kappa shape index (κ3) is 0.770. The molecule has 0 aromatic heterocycles. The summed E-state index contributed by atoms with van der Waals surface area (Å²) < 4.78 is 12.1. The number of allylic oxidation sites excluding steroid dienone is 2. The molecule has 0 heterocycles. The van der Waals surface area contributed by atoms with Gasteiger partial charge in [-0.05, 0) is 24.3 Å². The van der Waals surface area contributed by atoms with Gasteiger partial charge in [-0.3, -0.25) is 0 Å². The Kier molecular flexibility index (Phi) is 0.758. The molecule has 1 heteroatoms. The Balaban J connectivity index is 1.94. The highest BCUT2D eigenvalue weighted by atomic mass is 19.1. The molecule has 0 aliphatic heterocycles. The molecule has 0 N–H and O–H groups in total. The van der Waals surface area contributed by atoms with Gasteiger partial charge in [0.25, 0.3) is 0 Å². The van der Waals surface area contributed by atoms with E-state index in [1.807, 2.05) is 0 Å². The van der Waals surface area contributed by atoms with Gasteiger partial charge in [0.2, 0.25) is 0 Å². The maximum Gasteiger partial charge on any atom is 0.125 e. The Morgan fingerprint density at radius 2 is 2.12 bits per heavy atom. The van der Waals surface area contributed by atoms with E-state index in [-0.39, 0.29) is 0 Å². The summed E-state index contributed by atoms with van der Waals surface area (Å²) in [6.07, 6.45) is 4.91.